The molecule has 6 heteroatoms. The minimum absolute atomic E-state index is 0.0104. The Kier molecular flexibility index (Phi) is 4.48. The molecule has 0 spiro atoms. The second-order valence-corrected chi connectivity index (χ2v) is 6.47. The highest BCUT2D eigenvalue weighted by Gasteiger charge is 2.26. The van der Waals surface area contributed by atoms with Crippen LogP contribution in [-0.4, -0.2) is 29.0 Å². The average Bonchev–Trinajstić information content (AvgIpc) is 2.69. The lowest BCUT2D eigenvalue weighted by molar-refractivity contribution is -0.120. The van der Waals surface area contributed by atoms with Crippen LogP contribution in [0, 0.1) is 11.7 Å². The number of benzene rings is 2. The number of nitrogens with zero attached hydrogens (tertiary/aromatic N) is 3. The molecule has 1 aliphatic rings. The fraction of sp³-hybridized carbons (Fsp3) is 0.250. The molecule has 0 saturated carbocycles. The second-order valence-electron chi connectivity index (χ2n) is 6.47. The molecule has 1 amide bonds. The first kappa shape index (κ1) is 16.4. The highest BCUT2D eigenvalue weighted by Crippen LogP contribution is 2.27. The summed E-state index contributed by atoms with van der Waals surface area (Å²) in [5.41, 5.74) is 1.55. The van der Waals surface area contributed by atoms with Gasteiger partial charge in [0.15, 0.2) is 0 Å². The molecular weight excluding hydrogens is 331 g/mol. The number of amides is 1. The smallest absolute Gasteiger partial charge is 0.227 e. The van der Waals surface area contributed by atoms with Crippen molar-refractivity contribution in [2.24, 2.45) is 5.92 Å². The predicted molar refractivity (Wildman–Crippen MR) is 99.5 cm³/mol. The van der Waals surface area contributed by atoms with Crippen LogP contribution in [0.25, 0.3) is 10.9 Å². The number of anilines is 2. The van der Waals surface area contributed by atoms with Crippen LogP contribution in [0.15, 0.2) is 54.9 Å². The summed E-state index contributed by atoms with van der Waals surface area (Å²) in [6, 6.07) is 13.8. The first-order valence-electron chi connectivity index (χ1n) is 8.72. The molecule has 0 aliphatic carbocycles. The Hall–Kier alpha value is -3.02. The van der Waals surface area contributed by atoms with Crippen molar-refractivity contribution in [3.8, 4) is 0 Å². The minimum Gasteiger partial charge on any atom is -0.356 e. The van der Waals surface area contributed by atoms with E-state index in [0.29, 0.717) is 5.69 Å². The van der Waals surface area contributed by atoms with Gasteiger partial charge < -0.3 is 10.2 Å². The third-order valence-electron chi connectivity index (χ3n) is 4.80. The molecule has 2 heterocycles. The zero-order valence-electron chi connectivity index (χ0n) is 14.2. The average molecular weight is 350 g/mol. The number of fused-ring (bicyclic) bond motifs is 1. The first-order valence-corrected chi connectivity index (χ1v) is 8.72. The molecule has 2 aromatic carbocycles. The van der Waals surface area contributed by atoms with Crippen molar-refractivity contribution < 1.29 is 9.18 Å². The van der Waals surface area contributed by atoms with Crippen molar-refractivity contribution >= 4 is 28.3 Å². The number of hydrogen-bond donors (Lipinski definition) is 1. The van der Waals surface area contributed by atoms with Gasteiger partial charge in [-0.2, -0.15) is 0 Å². The van der Waals surface area contributed by atoms with Gasteiger partial charge in [0.05, 0.1) is 5.52 Å². The maximum absolute atomic E-state index is 13.0. The summed E-state index contributed by atoms with van der Waals surface area (Å²) in [5, 5.41) is 3.91. The third-order valence-corrected chi connectivity index (χ3v) is 4.80. The number of hydrogen-bond acceptors (Lipinski definition) is 4. The summed E-state index contributed by atoms with van der Waals surface area (Å²) in [6.07, 6.45) is 3.10. The van der Waals surface area contributed by atoms with Gasteiger partial charge in [-0.25, -0.2) is 14.4 Å². The molecule has 5 nitrogen and oxygen atoms in total. The lowest BCUT2D eigenvalue weighted by atomic mass is 9.95. The lowest BCUT2D eigenvalue weighted by Crippen LogP contribution is -2.38. The first-order chi connectivity index (χ1) is 12.7. The predicted octanol–water partition coefficient (Wildman–Crippen LogP) is 3.62. The monoisotopic (exact) mass is 350 g/mol. The number of para-hydroxylation sites is 1. The van der Waals surface area contributed by atoms with Crippen molar-refractivity contribution in [1.82, 2.24) is 9.97 Å². The van der Waals surface area contributed by atoms with Crippen molar-refractivity contribution in [1.29, 1.82) is 0 Å². The quantitative estimate of drug-likeness (QED) is 0.784. The molecular formula is C20H19FN4O. The van der Waals surface area contributed by atoms with Gasteiger partial charge in [-0.3, -0.25) is 4.79 Å². The van der Waals surface area contributed by atoms with Crippen LogP contribution in [0.4, 0.5) is 15.9 Å². The Morgan fingerprint density at radius 2 is 1.77 bits per heavy atom. The number of rotatable bonds is 3. The highest BCUT2D eigenvalue weighted by atomic mass is 19.1. The minimum atomic E-state index is -0.312. The van der Waals surface area contributed by atoms with Gasteiger partial charge in [0, 0.05) is 30.1 Å². The zero-order chi connectivity index (χ0) is 17.9. The van der Waals surface area contributed by atoms with E-state index in [1.165, 1.54) is 12.1 Å². The topological polar surface area (TPSA) is 58.1 Å². The van der Waals surface area contributed by atoms with E-state index in [-0.39, 0.29) is 17.6 Å². The normalized spacial score (nSPS) is 15.2. The number of carbonyl (C=O) groups is 1. The number of nitrogens with one attached hydrogen (secondary N) is 1. The summed E-state index contributed by atoms with van der Waals surface area (Å²) in [6.45, 7) is 1.53. The summed E-state index contributed by atoms with van der Waals surface area (Å²) in [4.78, 5) is 23.4. The van der Waals surface area contributed by atoms with Gasteiger partial charge in [-0.05, 0) is 49.2 Å². The van der Waals surface area contributed by atoms with Crippen LogP contribution in [0.1, 0.15) is 12.8 Å². The van der Waals surface area contributed by atoms with E-state index in [4.69, 9.17) is 0 Å². The van der Waals surface area contributed by atoms with E-state index < -0.39 is 0 Å². The van der Waals surface area contributed by atoms with E-state index in [9.17, 15) is 9.18 Å². The lowest BCUT2D eigenvalue weighted by Gasteiger charge is -2.32. The second kappa shape index (κ2) is 7.07. The third kappa shape index (κ3) is 3.35. The van der Waals surface area contributed by atoms with Crippen LogP contribution in [0.2, 0.25) is 0 Å². The molecule has 1 fully saturated rings. The molecule has 0 unspecified atom stereocenters. The molecule has 0 radical (unpaired) electrons. The van der Waals surface area contributed by atoms with E-state index >= 15 is 0 Å². The Balaban J connectivity index is 1.42. The molecule has 3 aromatic rings. The van der Waals surface area contributed by atoms with Crippen LogP contribution < -0.4 is 10.2 Å². The van der Waals surface area contributed by atoms with E-state index in [0.717, 1.165) is 42.7 Å². The number of aromatic nitrogens is 2. The fourth-order valence-corrected chi connectivity index (χ4v) is 3.37. The summed E-state index contributed by atoms with van der Waals surface area (Å²) >= 11 is 0. The molecule has 132 valence electrons. The SMILES string of the molecule is O=C(Nc1ccc(F)cc1)C1CCN(c2ncnc3ccccc23)CC1. The summed E-state index contributed by atoms with van der Waals surface area (Å²) in [7, 11) is 0. The van der Waals surface area contributed by atoms with Gasteiger partial charge in [0.25, 0.3) is 0 Å². The summed E-state index contributed by atoms with van der Waals surface area (Å²) < 4.78 is 13.0. The number of halogens is 1. The van der Waals surface area contributed by atoms with Crippen LogP contribution >= 0.6 is 0 Å². The van der Waals surface area contributed by atoms with Crippen molar-refractivity contribution in [2.45, 2.75) is 12.8 Å². The summed E-state index contributed by atoms with van der Waals surface area (Å²) in [5.74, 6) is 0.551. The fourth-order valence-electron chi connectivity index (χ4n) is 3.37. The Morgan fingerprint density at radius 1 is 1.04 bits per heavy atom. The van der Waals surface area contributed by atoms with Gasteiger partial charge in [-0.15, -0.1) is 0 Å². The standard InChI is InChI=1S/C20H19FN4O/c21-15-5-7-16(8-6-15)24-20(26)14-9-11-25(12-10-14)19-17-3-1-2-4-18(17)22-13-23-19/h1-8,13-14H,9-12H2,(H,24,26). The maximum Gasteiger partial charge on any atom is 0.227 e. The molecule has 1 N–H and O–H groups in total. The highest BCUT2D eigenvalue weighted by molar-refractivity contribution is 5.93. The van der Waals surface area contributed by atoms with Crippen molar-refractivity contribution in [2.75, 3.05) is 23.3 Å². The molecule has 26 heavy (non-hydrogen) atoms. The largest absolute Gasteiger partial charge is 0.356 e. The number of piperidine rings is 1. The van der Waals surface area contributed by atoms with E-state index in [1.807, 2.05) is 24.3 Å². The van der Waals surface area contributed by atoms with Gasteiger partial charge in [0.1, 0.15) is 18.0 Å². The number of carbonyl (C=O) groups excluding carboxylic acids is 1. The Bertz CT molecular complexity index is 915. The molecule has 1 aromatic heterocycles. The van der Waals surface area contributed by atoms with Gasteiger partial charge in [0.2, 0.25) is 5.91 Å². The van der Waals surface area contributed by atoms with Gasteiger partial charge in [-0.1, -0.05) is 12.1 Å². The van der Waals surface area contributed by atoms with Gasteiger partial charge >= 0.3 is 0 Å². The maximum atomic E-state index is 13.0. The van der Waals surface area contributed by atoms with E-state index in [2.05, 4.69) is 20.2 Å². The Morgan fingerprint density at radius 3 is 2.54 bits per heavy atom. The zero-order valence-corrected chi connectivity index (χ0v) is 14.2. The molecule has 1 aliphatic heterocycles. The van der Waals surface area contributed by atoms with Crippen LogP contribution in [0.5, 0.6) is 0 Å². The van der Waals surface area contributed by atoms with Crippen LogP contribution in [0.3, 0.4) is 0 Å². The molecule has 0 atom stereocenters. The van der Waals surface area contributed by atoms with E-state index in [1.54, 1.807) is 18.5 Å². The van der Waals surface area contributed by atoms with Crippen molar-refractivity contribution in [3.05, 3.63) is 60.7 Å². The van der Waals surface area contributed by atoms with Crippen LogP contribution in [-0.2, 0) is 4.79 Å². The molecule has 4 rings (SSSR count). The molecule has 0 bridgehead atoms. The Labute approximate surface area is 150 Å². The molecule has 1 saturated heterocycles. The van der Waals surface area contributed by atoms with Crippen molar-refractivity contribution in [3.63, 3.8) is 0 Å².